The van der Waals surface area contributed by atoms with E-state index in [1.165, 1.54) is 0 Å². The predicted octanol–water partition coefficient (Wildman–Crippen LogP) is -1.16. The zero-order chi connectivity index (χ0) is 13.9. The Hall–Kier alpha value is -0.590. The lowest BCUT2D eigenvalue weighted by Crippen LogP contribution is -2.56. The first kappa shape index (κ1) is 16.4. The highest BCUT2D eigenvalue weighted by atomic mass is 32.1. The van der Waals surface area contributed by atoms with Crippen molar-refractivity contribution >= 4 is 24.4 Å². The van der Waals surface area contributed by atoms with Crippen LogP contribution in [0, 0.1) is 0 Å². The minimum absolute atomic E-state index is 0.0281. The van der Waals surface area contributed by atoms with Gasteiger partial charge in [0.2, 0.25) is 0 Å². The summed E-state index contributed by atoms with van der Waals surface area (Å²) in [4.78, 5) is 22.5. The summed E-state index contributed by atoms with van der Waals surface area (Å²) in [5, 5.41) is 20.6. The van der Waals surface area contributed by atoms with Crippen LogP contribution in [0.4, 0.5) is 0 Å². The minimum atomic E-state index is -1.88. The number of carboxylic acid groups (broad SMARTS) is 1. The molecule has 0 aliphatic carbocycles. The number of ketones is 1. The van der Waals surface area contributed by atoms with E-state index in [0.29, 0.717) is 0 Å². The summed E-state index contributed by atoms with van der Waals surface area (Å²) in [7, 11) is 5.33. The van der Waals surface area contributed by atoms with E-state index in [2.05, 4.69) is 12.6 Å². The molecule has 0 aromatic rings. The SMILES string of the molecule is CC(S)CC(=O)C(O)(CC(=O)[O-])C[N+](C)(C)C. The van der Waals surface area contributed by atoms with Gasteiger partial charge in [-0.3, -0.25) is 4.79 Å². The first-order valence-corrected chi connectivity index (χ1v) is 5.92. The summed E-state index contributed by atoms with van der Waals surface area (Å²) in [5.41, 5.74) is -1.88. The molecule has 0 saturated carbocycles. The van der Waals surface area contributed by atoms with Crippen molar-refractivity contribution in [2.45, 2.75) is 30.6 Å². The molecule has 0 saturated heterocycles. The van der Waals surface area contributed by atoms with Gasteiger partial charge in [0, 0.05) is 24.1 Å². The van der Waals surface area contributed by atoms with E-state index < -0.39 is 23.8 Å². The summed E-state index contributed by atoms with van der Waals surface area (Å²) < 4.78 is 0.288. The number of hydrogen-bond acceptors (Lipinski definition) is 5. The molecule has 0 amide bonds. The van der Waals surface area contributed by atoms with Crippen LogP contribution in [0.2, 0.25) is 0 Å². The van der Waals surface area contributed by atoms with Crippen molar-refractivity contribution in [2.24, 2.45) is 0 Å². The van der Waals surface area contributed by atoms with Gasteiger partial charge in [0.1, 0.15) is 6.54 Å². The number of aliphatic hydroxyl groups is 1. The van der Waals surface area contributed by atoms with Gasteiger partial charge in [0.15, 0.2) is 11.4 Å². The monoisotopic (exact) mass is 263 g/mol. The minimum Gasteiger partial charge on any atom is -0.550 e. The molecule has 2 atom stereocenters. The summed E-state index contributed by atoms with van der Waals surface area (Å²) in [5.74, 6) is -1.93. The number of quaternary nitrogens is 1. The number of carboxylic acids is 1. The molecular formula is C11H21NO4S. The summed E-state index contributed by atoms with van der Waals surface area (Å²) >= 11 is 4.07. The normalized spacial score (nSPS) is 17.3. The van der Waals surface area contributed by atoms with Crippen LogP contribution in [-0.2, 0) is 9.59 Å². The molecule has 0 radical (unpaired) electrons. The fourth-order valence-electron chi connectivity index (χ4n) is 1.72. The number of hydrogen-bond donors (Lipinski definition) is 2. The molecule has 1 N–H and O–H groups in total. The third-order valence-corrected chi connectivity index (χ3v) is 2.36. The Bertz CT molecular complexity index is 298. The summed E-state index contributed by atoms with van der Waals surface area (Å²) in [6.07, 6.45) is -0.644. The number of nitrogens with zero attached hydrogens (tertiary/aromatic N) is 1. The second kappa shape index (κ2) is 5.84. The molecule has 100 valence electrons. The molecule has 0 spiro atoms. The predicted molar refractivity (Wildman–Crippen MR) is 65.5 cm³/mol. The van der Waals surface area contributed by atoms with E-state index in [4.69, 9.17) is 0 Å². The first-order chi connectivity index (χ1) is 7.46. The van der Waals surface area contributed by atoms with E-state index in [9.17, 15) is 19.8 Å². The summed E-state index contributed by atoms with van der Waals surface area (Å²) in [6, 6.07) is 0. The number of likely N-dealkylation sites (N-methyl/N-ethyl adjacent to an activating group) is 1. The second-order valence-corrected chi connectivity index (χ2v) is 6.39. The van der Waals surface area contributed by atoms with Gasteiger partial charge in [-0.25, -0.2) is 0 Å². The highest BCUT2D eigenvalue weighted by molar-refractivity contribution is 7.80. The quantitative estimate of drug-likeness (QED) is 0.449. The van der Waals surface area contributed by atoms with Gasteiger partial charge in [-0.2, -0.15) is 12.6 Å². The van der Waals surface area contributed by atoms with Crippen LogP contribution in [0.1, 0.15) is 19.8 Å². The van der Waals surface area contributed by atoms with Crippen molar-refractivity contribution in [1.82, 2.24) is 0 Å². The molecule has 0 aliphatic rings. The molecule has 17 heavy (non-hydrogen) atoms. The highest BCUT2D eigenvalue weighted by Crippen LogP contribution is 2.19. The van der Waals surface area contributed by atoms with Crippen molar-refractivity contribution in [1.29, 1.82) is 0 Å². The second-order valence-electron chi connectivity index (χ2n) is 5.51. The molecular weight excluding hydrogens is 242 g/mol. The Morgan fingerprint density at radius 2 is 1.88 bits per heavy atom. The van der Waals surface area contributed by atoms with Crippen molar-refractivity contribution < 1.29 is 24.3 Å². The third-order valence-electron chi connectivity index (χ3n) is 2.17. The van der Waals surface area contributed by atoms with Crippen LogP contribution in [-0.4, -0.2) is 59.9 Å². The van der Waals surface area contributed by atoms with Crippen LogP contribution in [0.3, 0.4) is 0 Å². The number of carbonyl (C=O) groups excluding carboxylic acids is 2. The number of carbonyl (C=O) groups is 2. The molecule has 5 nitrogen and oxygen atoms in total. The molecule has 0 aliphatic heterocycles. The molecule has 0 fully saturated rings. The van der Waals surface area contributed by atoms with E-state index in [-0.39, 0.29) is 22.7 Å². The molecule has 6 heteroatoms. The zero-order valence-electron chi connectivity index (χ0n) is 10.8. The van der Waals surface area contributed by atoms with E-state index >= 15 is 0 Å². The Morgan fingerprint density at radius 3 is 2.18 bits per heavy atom. The molecule has 0 bridgehead atoms. The number of thiol groups is 1. The van der Waals surface area contributed by atoms with Gasteiger partial charge in [0.25, 0.3) is 0 Å². The Labute approximate surface area is 107 Å². The van der Waals surface area contributed by atoms with Crippen LogP contribution in [0.15, 0.2) is 0 Å². The van der Waals surface area contributed by atoms with Crippen molar-refractivity contribution in [3.8, 4) is 0 Å². The molecule has 0 aromatic heterocycles. The molecule has 0 aromatic carbocycles. The lowest BCUT2D eigenvalue weighted by atomic mass is 9.90. The Balaban J connectivity index is 4.96. The lowest BCUT2D eigenvalue weighted by Gasteiger charge is -2.35. The van der Waals surface area contributed by atoms with Gasteiger partial charge >= 0.3 is 0 Å². The van der Waals surface area contributed by atoms with Crippen molar-refractivity contribution in [3.63, 3.8) is 0 Å². The average Bonchev–Trinajstić information content (AvgIpc) is 1.96. The number of rotatable bonds is 7. The van der Waals surface area contributed by atoms with Gasteiger partial charge in [0.05, 0.1) is 21.1 Å². The smallest absolute Gasteiger partial charge is 0.177 e. The van der Waals surface area contributed by atoms with E-state index in [1.807, 2.05) is 0 Å². The van der Waals surface area contributed by atoms with Gasteiger partial charge in [-0.15, -0.1) is 0 Å². The van der Waals surface area contributed by atoms with Crippen LogP contribution < -0.4 is 5.11 Å². The van der Waals surface area contributed by atoms with E-state index in [1.54, 1.807) is 28.1 Å². The zero-order valence-corrected chi connectivity index (χ0v) is 11.7. The highest BCUT2D eigenvalue weighted by Gasteiger charge is 2.40. The topological polar surface area (TPSA) is 77.4 Å². The van der Waals surface area contributed by atoms with Crippen LogP contribution in [0.5, 0.6) is 0 Å². The fraction of sp³-hybridized carbons (Fsp3) is 0.818. The molecule has 0 heterocycles. The van der Waals surface area contributed by atoms with E-state index in [0.717, 1.165) is 0 Å². The van der Waals surface area contributed by atoms with Crippen LogP contribution in [0.25, 0.3) is 0 Å². The largest absolute Gasteiger partial charge is 0.550 e. The van der Waals surface area contributed by atoms with Crippen LogP contribution >= 0.6 is 12.6 Å². The van der Waals surface area contributed by atoms with Gasteiger partial charge in [-0.05, 0) is 0 Å². The van der Waals surface area contributed by atoms with Crippen molar-refractivity contribution in [3.05, 3.63) is 0 Å². The maximum absolute atomic E-state index is 11.9. The molecule has 2 unspecified atom stereocenters. The maximum Gasteiger partial charge on any atom is 0.177 e. The lowest BCUT2D eigenvalue weighted by molar-refractivity contribution is -0.875. The molecule has 0 rings (SSSR count). The average molecular weight is 263 g/mol. The summed E-state index contributed by atoms with van der Waals surface area (Å²) in [6.45, 7) is 1.74. The maximum atomic E-state index is 11.9. The number of Topliss-reactive ketones (excluding diaryl/α,β-unsaturated/α-hetero) is 1. The Morgan fingerprint density at radius 1 is 1.41 bits per heavy atom. The van der Waals surface area contributed by atoms with Gasteiger partial charge < -0.3 is 19.5 Å². The fourth-order valence-corrected chi connectivity index (χ4v) is 1.89. The number of aliphatic carboxylic acids is 1. The first-order valence-electron chi connectivity index (χ1n) is 5.40. The third kappa shape index (κ3) is 6.65. The standard InChI is InChI=1S/C11H21NO4S/c1-8(17)5-9(13)11(16,6-10(14)15)7-12(2,3)4/h8,16H,5-7H2,1-4H3,(H-,14,15,17). The van der Waals surface area contributed by atoms with Crippen molar-refractivity contribution in [2.75, 3.05) is 27.7 Å². The van der Waals surface area contributed by atoms with Gasteiger partial charge in [-0.1, -0.05) is 6.92 Å². The Kier molecular flexibility index (Phi) is 5.64.